The zero-order valence-corrected chi connectivity index (χ0v) is 21.5. The van der Waals surface area contributed by atoms with Crippen molar-refractivity contribution in [2.24, 2.45) is 22.2 Å². The summed E-state index contributed by atoms with van der Waals surface area (Å²) in [6.07, 6.45) is 0.749. The van der Waals surface area contributed by atoms with Gasteiger partial charge in [0.15, 0.2) is 5.96 Å². The topological polar surface area (TPSA) is 271 Å². The van der Waals surface area contributed by atoms with Crippen LogP contribution in [0, 0.1) is 0 Å². The Hall–Kier alpha value is -4.21. The molecule has 0 radical (unpaired) electrons. The molecule has 2 rings (SSSR count). The molecule has 2 aromatic rings. The van der Waals surface area contributed by atoms with Crippen molar-refractivity contribution in [3.63, 3.8) is 0 Å². The van der Waals surface area contributed by atoms with Crippen LogP contribution in [0.1, 0.15) is 25.3 Å². The number of hydrogen-bond acceptors (Lipinski definition) is 8. The van der Waals surface area contributed by atoms with Gasteiger partial charge in [0.2, 0.25) is 17.7 Å². The lowest BCUT2D eigenvalue weighted by atomic mass is 10.0. The average Bonchev–Trinajstić information content (AvgIpc) is 3.30. The van der Waals surface area contributed by atoms with E-state index in [1.807, 2.05) is 18.2 Å². The predicted octanol–water partition coefficient (Wildman–Crippen LogP) is -3.00. The van der Waals surface area contributed by atoms with E-state index in [0.717, 1.165) is 10.9 Å². The number of guanidine groups is 1. The molecule has 0 saturated heterocycles. The molecule has 1 heterocycles. The number of H-pyrrole nitrogens is 1. The summed E-state index contributed by atoms with van der Waals surface area (Å²) in [4.78, 5) is 57.2. The van der Waals surface area contributed by atoms with Crippen LogP contribution in [0.2, 0.25) is 0 Å². The highest BCUT2D eigenvalue weighted by Crippen LogP contribution is 2.19. The van der Waals surface area contributed by atoms with Crippen LogP contribution < -0.4 is 33.2 Å². The van der Waals surface area contributed by atoms with E-state index < -0.39 is 60.6 Å². The molecule has 15 heteroatoms. The number of carboxylic acid groups (broad SMARTS) is 1. The summed E-state index contributed by atoms with van der Waals surface area (Å²) < 4.78 is 0. The number of carboxylic acids is 1. The number of aliphatic hydroxyl groups is 2. The molecule has 39 heavy (non-hydrogen) atoms. The van der Waals surface area contributed by atoms with Crippen molar-refractivity contribution < 1.29 is 34.5 Å². The van der Waals surface area contributed by atoms with Gasteiger partial charge in [0.1, 0.15) is 24.2 Å². The highest BCUT2D eigenvalue weighted by atomic mass is 16.4. The van der Waals surface area contributed by atoms with E-state index in [9.17, 15) is 34.5 Å². The van der Waals surface area contributed by atoms with Crippen molar-refractivity contribution >= 4 is 40.6 Å². The van der Waals surface area contributed by atoms with E-state index >= 15 is 0 Å². The first kappa shape index (κ1) is 31.0. The number of nitrogens with two attached hydrogens (primary N) is 3. The van der Waals surface area contributed by atoms with Gasteiger partial charge in [-0.2, -0.15) is 0 Å². The molecule has 0 bridgehead atoms. The maximum atomic E-state index is 13.3. The average molecular weight is 549 g/mol. The Morgan fingerprint density at radius 1 is 1.00 bits per heavy atom. The lowest BCUT2D eigenvalue weighted by Crippen LogP contribution is -2.58. The summed E-state index contributed by atoms with van der Waals surface area (Å²) in [7, 11) is 0. The Labute approximate surface area is 224 Å². The summed E-state index contributed by atoms with van der Waals surface area (Å²) >= 11 is 0. The summed E-state index contributed by atoms with van der Waals surface area (Å²) in [5, 5.41) is 36.3. The van der Waals surface area contributed by atoms with Crippen LogP contribution in [-0.2, 0) is 25.6 Å². The van der Waals surface area contributed by atoms with Gasteiger partial charge in [-0.05, 0) is 31.4 Å². The molecule has 0 aliphatic rings. The molecule has 0 fully saturated rings. The molecule has 0 saturated carbocycles. The third-order valence-corrected chi connectivity index (χ3v) is 5.93. The number of carbonyl (C=O) groups excluding carboxylic acids is 3. The van der Waals surface area contributed by atoms with E-state index in [4.69, 9.17) is 17.2 Å². The summed E-state index contributed by atoms with van der Waals surface area (Å²) in [6, 6.07) is 1.87. The first-order valence-corrected chi connectivity index (χ1v) is 12.2. The van der Waals surface area contributed by atoms with Crippen molar-refractivity contribution in [3.05, 3.63) is 36.0 Å². The third kappa shape index (κ3) is 9.24. The van der Waals surface area contributed by atoms with Gasteiger partial charge >= 0.3 is 5.97 Å². The van der Waals surface area contributed by atoms with E-state index in [1.165, 1.54) is 6.92 Å². The molecule has 0 aliphatic carbocycles. The number of para-hydroxylation sites is 1. The summed E-state index contributed by atoms with van der Waals surface area (Å²) in [5.41, 5.74) is 17.8. The van der Waals surface area contributed by atoms with E-state index in [-0.39, 0.29) is 31.8 Å². The van der Waals surface area contributed by atoms with Gasteiger partial charge < -0.3 is 53.5 Å². The number of rotatable bonds is 15. The highest BCUT2D eigenvalue weighted by Gasteiger charge is 2.31. The molecular weight excluding hydrogens is 512 g/mol. The Balaban J connectivity index is 2.31. The molecule has 5 unspecified atom stereocenters. The fraction of sp³-hybridized carbons (Fsp3) is 0.458. The lowest BCUT2D eigenvalue weighted by molar-refractivity contribution is -0.143. The number of hydrogen-bond donors (Lipinski definition) is 10. The van der Waals surface area contributed by atoms with Gasteiger partial charge in [-0.3, -0.25) is 19.4 Å². The monoisotopic (exact) mass is 548 g/mol. The van der Waals surface area contributed by atoms with Crippen LogP contribution in [0.5, 0.6) is 0 Å². The number of carbonyl (C=O) groups is 4. The molecule has 13 N–H and O–H groups in total. The number of aliphatic hydroxyl groups excluding tert-OH is 2. The number of aromatic amines is 1. The van der Waals surface area contributed by atoms with Gasteiger partial charge in [-0.1, -0.05) is 18.2 Å². The maximum Gasteiger partial charge on any atom is 0.328 e. The second-order valence-electron chi connectivity index (χ2n) is 8.98. The van der Waals surface area contributed by atoms with Crippen molar-refractivity contribution in [3.8, 4) is 0 Å². The molecular formula is C24H36N8O7. The van der Waals surface area contributed by atoms with E-state index in [0.29, 0.717) is 5.56 Å². The molecule has 15 nitrogen and oxygen atoms in total. The number of benzene rings is 1. The first-order chi connectivity index (χ1) is 18.4. The minimum absolute atomic E-state index is 0.0405. The first-order valence-electron chi connectivity index (χ1n) is 12.2. The lowest BCUT2D eigenvalue weighted by Gasteiger charge is -2.25. The Kier molecular flexibility index (Phi) is 11.7. The van der Waals surface area contributed by atoms with Gasteiger partial charge in [-0.25, -0.2) is 4.79 Å². The van der Waals surface area contributed by atoms with Crippen LogP contribution in [-0.4, -0.2) is 93.4 Å². The molecule has 0 aliphatic heterocycles. The highest BCUT2D eigenvalue weighted by molar-refractivity contribution is 5.95. The van der Waals surface area contributed by atoms with E-state index in [1.54, 1.807) is 12.3 Å². The Bertz CT molecular complexity index is 1180. The van der Waals surface area contributed by atoms with Crippen LogP contribution in [0.25, 0.3) is 10.9 Å². The van der Waals surface area contributed by atoms with Crippen molar-refractivity contribution in [2.75, 3.05) is 13.2 Å². The third-order valence-electron chi connectivity index (χ3n) is 5.93. The molecule has 0 spiro atoms. The Morgan fingerprint density at radius 2 is 1.62 bits per heavy atom. The molecule has 5 atom stereocenters. The smallest absolute Gasteiger partial charge is 0.328 e. The van der Waals surface area contributed by atoms with Crippen LogP contribution in [0.3, 0.4) is 0 Å². The van der Waals surface area contributed by atoms with Gasteiger partial charge in [-0.15, -0.1) is 0 Å². The number of aromatic nitrogens is 1. The van der Waals surface area contributed by atoms with Crippen molar-refractivity contribution in [2.45, 2.75) is 56.5 Å². The summed E-state index contributed by atoms with van der Waals surface area (Å²) in [6.45, 7) is 0.607. The number of aliphatic carboxylic acids is 1. The number of fused-ring (bicyclic) bond motifs is 1. The zero-order chi connectivity index (χ0) is 29.1. The van der Waals surface area contributed by atoms with Crippen molar-refractivity contribution in [1.82, 2.24) is 20.9 Å². The second-order valence-corrected chi connectivity index (χ2v) is 8.98. The fourth-order valence-electron chi connectivity index (χ4n) is 3.72. The molecule has 214 valence electrons. The summed E-state index contributed by atoms with van der Waals surface area (Å²) in [5.74, 6) is -4.03. The second kappa shape index (κ2) is 14.7. The van der Waals surface area contributed by atoms with Crippen LogP contribution in [0.15, 0.2) is 35.5 Å². The van der Waals surface area contributed by atoms with Gasteiger partial charge in [0.05, 0.1) is 12.7 Å². The van der Waals surface area contributed by atoms with Crippen LogP contribution in [0.4, 0.5) is 0 Å². The standard InChI is InChI=1S/C24H36N8O7/c1-12(34)19(25)22(37)30-16(7-4-8-28-24(26)27)20(35)31-17(21(36)32-18(11-33)23(38)39)9-13-10-29-15-6-3-2-5-14(13)15/h2-3,5-6,10,12,16-19,29,33-34H,4,7-9,11,25H2,1H3,(H,30,37)(H,31,35)(H,32,36)(H,38,39)(H4,26,27,28). The molecule has 3 amide bonds. The molecule has 1 aromatic heterocycles. The zero-order valence-electron chi connectivity index (χ0n) is 21.5. The van der Waals surface area contributed by atoms with Gasteiger partial charge in [0.25, 0.3) is 0 Å². The van der Waals surface area contributed by atoms with Gasteiger partial charge in [0, 0.05) is 30.1 Å². The maximum absolute atomic E-state index is 13.3. The predicted molar refractivity (Wildman–Crippen MR) is 142 cm³/mol. The van der Waals surface area contributed by atoms with Crippen LogP contribution >= 0.6 is 0 Å². The number of nitrogens with zero attached hydrogens (tertiary/aromatic N) is 1. The molecule has 1 aromatic carbocycles. The number of aliphatic imine (C=N–C) groups is 1. The fourth-order valence-corrected chi connectivity index (χ4v) is 3.72. The normalized spacial score (nSPS) is 14.9. The quantitative estimate of drug-likeness (QED) is 0.0612. The number of nitrogens with one attached hydrogen (secondary N) is 4. The minimum Gasteiger partial charge on any atom is -0.480 e. The van der Waals surface area contributed by atoms with E-state index in [2.05, 4.69) is 25.9 Å². The number of amides is 3. The minimum atomic E-state index is -1.60. The SMILES string of the molecule is CC(O)C(N)C(=O)NC(CCCN=C(N)N)C(=O)NC(Cc1c[nH]c2ccccc12)C(=O)NC(CO)C(=O)O. The largest absolute Gasteiger partial charge is 0.480 e. The van der Waals surface area contributed by atoms with Crippen molar-refractivity contribution in [1.29, 1.82) is 0 Å². The Morgan fingerprint density at radius 3 is 2.23 bits per heavy atom.